The Morgan fingerprint density at radius 2 is 1.78 bits per heavy atom. The van der Waals surface area contributed by atoms with Crippen LogP contribution in [-0.2, 0) is 9.59 Å². The van der Waals surface area contributed by atoms with Gasteiger partial charge in [0.1, 0.15) is 5.82 Å². The maximum absolute atomic E-state index is 13.7. The summed E-state index contributed by atoms with van der Waals surface area (Å²) < 4.78 is 13.7. The van der Waals surface area contributed by atoms with Gasteiger partial charge in [0.2, 0.25) is 11.8 Å². The summed E-state index contributed by atoms with van der Waals surface area (Å²) in [5.74, 6) is -1.29. The number of amides is 2. The number of carbonyl (C=O) groups is 2. The van der Waals surface area contributed by atoms with E-state index in [4.69, 9.17) is 17.3 Å². The molecule has 0 spiro atoms. The first-order valence-corrected chi connectivity index (χ1v) is 8.54. The van der Waals surface area contributed by atoms with Crippen LogP contribution in [-0.4, -0.2) is 24.4 Å². The smallest absolute Gasteiger partial charge is 0.243 e. The molecule has 4 N–H and O–H groups in total. The first kappa shape index (κ1) is 22.9. The maximum Gasteiger partial charge on any atom is 0.243 e. The van der Waals surface area contributed by atoms with Gasteiger partial charge in [0.15, 0.2) is 0 Å². The van der Waals surface area contributed by atoms with E-state index in [1.165, 1.54) is 18.2 Å². The first-order chi connectivity index (χ1) is 12.3. The molecule has 0 aliphatic carbocycles. The molecule has 0 radical (unpaired) electrons. The Balaban J connectivity index is 0.00000364. The number of carbonyl (C=O) groups excluding carboxylic acids is 2. The second-order valence-electron chi connectivity index (χ2n) is 6.23. The topological polar surface area (TPSA) is 84.2 Å². The lowest BCUT2D eigenvalue weighted by atomic mass is 10.0. The lowest BCUT2D eigenvalue weighted by Crippen LogP contribution is -2.46. The fourth-order valence-electron chi connectivity index (χ4n) is 2.28. The zero-order chi connectivity index (χ0) is 19.3. The normalized spacial score (nSPS) is 11.5. The molecular formula is C19H22Cl2FN3O2. The summed E-state index contributed by atoms with van der Waals surface area (Å²) in [4.78, 5) is 24.0. The highest BCUT2D eigenvalue weighted by Crippen LogP contribution is 2.29. The van der Waals surface area contributed by atoms with Crippen molar-refractivity contribution in [1.82, 2.24) is 5.32 Å². The molecule has 0 aromatic heterocycles. The van der Waals surface area contributed by atoms with Crippen LogP contribution in [0.3, 0.4) is 0 Å². The van der Waals surface area contributed by atoms with Gasteiger partial charge >= 0.3 is 0 Å². The summed E-state index contributed by atoms with van der Waals surface area (Å²) in [7, 11) is 0. The summed E-state index contributed by atoms with van der Waals surface area (Å²) in [5, 5.41) is 5.73. The van der Waals surface area contributed by atoms with Crippen molar-refractivity contribution in [3.63, 3.8) is 0 Å². The van der Waals surface area contributed by atoms with Crippen molar-refractivity contribution in [2.45, 2.75) is 19.9 Å². The maximum atomic E-state index is 13.7. The quantitative estimate of drug-likeness (QED) is 0.675. The molecule has 0 heterocycles. The molecule has 0 fully saturated rings. The second-order valence-corrected chi connectivity index (χ2v) is 6.67. The Labute approximate surface area is 168 Å². The lowest BCUT2D eigenvalue weighted by molar-refractivity contribution is -0.125. The van der Waals surface area contributed by atoms with Gasteiger partial charge in [-0.05, 0) is 41.8 Å². The van der Waals surface area contributed by atoms with E-state index in [0.717, 1.165) is 0 Å². The Morgan fingerprint density at radius 3 is 2.37 bits per heavy atom. The predicted octanol–water partition coefficient (Wildman–Crippen LogP) is 3.61. The molecule has 8 heteroatoms. The van der Waals surface area contributed by atoms with E-state index in [-0.39, 0.29) is 24.9 Å². The highest BCUT2D eigenvalue weighted by molar-refractivity contribution is 6.30. The predicted molar refractivity (Wildman–Crippen MR) is 109 cm³/mol. The number of halogens is 3. The minimum Gasteiger partial charge on any atom is -0.346 e. The highest BCUT2D eigenvalue weighted by atomic mass is 35.5. The van der Waals surface area contributed by atoms with Gasteiger partial charge in [0.25, 0.3) is 0 Å². The van der Waals surface area contributed by atoms with E-state index in [2.05, 4.69) is 10.6 Å². The van der Waals surface area contributed by atoms with Gasteiger partial charge in [-0.2, -0.15) is 0 Å². The molecule has 146 valence electrons. The molecule has 2 amide bonds. The van der Waals surface area contributed by atoms with Crippen molar-refractivity contribution in [3.05, 3.63) is 53.3 Å². The third-order valence-electron chi connectivity index (χ3n) is 3.86. The van der Waals surface area contributed by atoms with E-state index >= 15 is 0 Å². The number of rotatable bonds is 6. The van der Waals surface area contributed by atoms with Gasteiger partial charge in [-0.3, -0.25) is 9.59 Å². The van der Waals surface area contributed by atoms with Crippen molar-refractivity contribution in [2.75, 3.05) is 11.9 Å². The molecule has 1 atom stereocenters. The van der Waals surface area contributed by atoms with Gasteiger partial charge < -0.3 is 16.4 Å². The fraction of sp³-hybridized carbons (Fsp3) is 0.263. The number of hydrogen-bond acceptors (Lipinski definition) is 3. The van der Waals surface area contributed by atoms with Crippen molar-refractivity contribution < 1.29 is 14.0 Å². The van der Waals surface area contributed by atoms with Crippen LogP contribution >= 0.6 is 24.0 Å². The zero-order valence-electron chi connectivity index (χ0n) is 15.0. The van der Waals surface area contributed by atoms with E-state index in [1.54, 1.807) is 24.3 Å². The molecule has 2 aromatic carbocycles. The molecule has 0 aliphatic heterocycles. The minimum atomic E-state index is -0.682. The van der Waals surface area contributed by atoms with Crippen LogP contribution < -0.4 is 16.4 Å². The first-order valence-electron chi connectivity index (χ1n) is 8.16. The largest absolute Gasteiger partial charge is 0.346 e. The fourth-order valence-corrected chi connectivity index (χ4v) is 2.40. The Kier molecular flexibility index (Phi) is 8.69. The summed E-state index contributed by atoms with van der Waals surface area (Å²) in [6.07, 6.45) is 0. The molecule has 0 unspecified atom stereocenters. The van der Waals surface area contributed by atoms with Crippen molar-refractivity contribution in [1.29, 1.82) is 0 Å². The zero-order valence-corrected chi connectivity index (χ0v) is 16.5. The molecule has 0 aliphatic rings. The van der Waals surface area contributed by atoms with Crippen LogP contribution in [0.2, 0.25) is 5.02 Å². The van der Waals surface area contributed by atoms with Crippen LogP contribution in [0.15, 0.2) is 42.5 Å². The summed E-state index contributed by atoms with van der Waals surface area (Å²) in [6.45, 7) is 3.42. The molecule has 5 nitrogen and oxygen atoms in total. The summed E-state index contributed by atoms with van der Waals surface area (Å²) in [6, 6.07) is 10.2. The van der Waals surface area contributed by atoms with Crippen molar-refractivity contribution in [2.24, 2.45) is 11.7 Å². The standard InChI is InChI=1S/C19H21ClFN3O2.ClH/c1-11(2)18(22)19(26)23-10-17(25)24-16-8-7-14(21)9-15(16)12-3-5-13(20)6-4-12;/h3-9,11,18H,10,22H2,1-2H3,(H,23,26)(H,24,25);1H/t18-;/m0./s1. The Bertz CT molecular complexity index is 798. The number of anilines is 1. The van der Waals surface area contributed by atoms with E-state index in [1.807, 2.05) is 13.8 Å². The highest BCUT2D eigenvalue weighted by Gasteiger charge is 2.18. The average molecular weight is 414 g/mol. The summed E-state index contributed by atoms with van der Waals surface area (Å²) >= 11 is 5.88. The van der Waals surface area contributed by atoms with E-state index in [9.17, 15) is 14.0 Å². The average Bonchev–Trinajstić information content (AvgIpc) is 2.61. The van der Waals surface area contributed by atoms with Crippen LogP contribution in [0.4, 0.5) is 10.1 Å². The number of hydrogen-bond donors (Lipinski definition) is 3. The Hall–Kier alpha value is -2.15. The van der Waals surface area contributed by atoms with Gasteiger partial charge in [-0.25, -0.2) is 4.39 Å². The molecular weight excluding hydrogens is 392 g/mol. The minimum absolute atomic E-state index is 0. The summed E-state index contributed by atoms with van der Waals surface area (Å²) in [5.41, 5.74) is 7.38. The van der Waals surface area contributed by atoms with Crippen molar-refractivity contribution >= 4 is 41.5 Å². The lowest BCUT2D eigenvalue weighted by Gasteiger charge is -2.16. The van der Waals surface area contributed by atoms with Crippen molar-refractivity contribution in [3.8, 4) is 11.1 Å². The third-order valence-corrected chi connectivity index (χ3v) is 4.11. The molecule has 27 heavy (non-hydrogen) atoms. The molecule has 2 rings (SSSR count). The van der Waals surface area contributed by atoms with Crippen LogP contribution in [0, 0.1) is 11.7 Å². The van der Waals surface area contributed by atoms with Crippen LogP contribution in [0.1, 0.15) is 13.8 Å². The molecule has 0 bridgehead atoms. The van der Waals surface area contributed by atoms with E-state index in [0.29, 0.717) is 21.8 Å². The van der Waals surface area contributed by atoms with Crippen LogP contribution in [0.25, 0.3) is 11.1 Å². The number of benzene rings is 2. The monoisotopic (exact) mass is 413 g/mol. The molecule has 0 saturated heterocycles. The SMILES string of the molecule is CC(C)[C@H](N)C(=O)NCC(=O)Nc1ccc(F)cc1-c1ccc(Cl)cc1.Cl. The molecule has 2 aromatic rings. The van der Waals surface area contributed by atoms with E-state index < -0.39 is 23.7 Å². The number of nitrogens with one attached hydrogen (secondary N) is 2. The van der Waals surface area contributed by atoms with Gasteiger partial charge in [-0.15, -0.1) is 12.4 Å². The van der Waals surface area contributed by atoms with Gasteiger partial charge in [0, 0.05) is 16.3 Å². The third kappa shape index (κ3) is 6.50. The Morgan fingerprint density at radius 1 is 1.15 bits per heavy atom. The second kappa shape index (κ2) is 10.3. The molecule has 0 saturated carbocycles. The number of nitrogens with two attached hydrogens (primary N) is 1. The van der Waals surface area contributed by atoms with Gasteiger partial charge in [-0.1, -0.05) is 37.6 Å². The van der Waals surface area contributed by atoms with Gasteiger partial charge in [0.05, 0.1) is 12.6 Å². The van der Waals surface area contributed by atoms with Crippen LogP contribution in [0.5, 0.6) is 0 Å².